The van der Waals surface area contributed by atoms with E-state index in [2.05, 4.69) is 13.2 Å². The maximum Gasteiger partial charge on any atom is 0.126 e. The fourth-order valence-corrected chi connectivity index (χ4v) is 2.08. The van der Waals surface area contributed by atoms with Crippen molar-refractivity contribution in [3.8, 4) is 0 Å². The summed E-state index contributed by atoms with van der Waals surface area (Å²) in [5, 5.41) is 9.75. The Morgan fingerprint density at radius 1 is 1.44 bits per heavy atom. The topological polar surface area (TPSA) is 29.5 Å². The van der Waals surface area contributed by atoms with Crippen molar-refractivity contribution in [1.82, 2.24) is 0 Å². The third-order valence-corrected chi connectivity index (χ3v) is 2.89. The maximum absolute atomic E-state index is 13.5. The molecule has 0 radical (unpaired) electrons. The zero-order chi connectivity index (χ0) is 13.9. The fourth-order valence-electron chi connectivity index (χ4n) is 2.08. The highest BCUT2D eigenvalue weighted by Gasteiger charge is 2.29. The number of rotatable bonds is 2. The van der Waals surface area contributed by atoms with Gasteiger partial charge in [0.1, 0.15) is 5.82 Å². The lowest BCUT2D eigenvalue weighted by Gasteiger charge is -2.21. The van der Waals surface area contributed by atoms with E-state index in [1.165, 1.54) is 6.07 Å². The van der Waals surface area contributed by atoms with Gasteiger partial charge in [-0.25, -0.2) is 4.39 Å². The van der Waals surface area contributed by atoms with Gasteiger partial charge in [0.15, 0.2) is 0 Å². The van der Waals surface area contributed by atoms with Crippen LogP contribution in [0.25, 0.3) is 0 Å². The molecule has 0 spiro atoms. The van der Waals surface area contributed by atoms with Crippen LogP contribution in [0.1, 0.15) is 43.1 Å². The second-order valence-electron chi connectivity index (χ2n) is 5.12. The van der Waals surface area contributed by atoms with Gasteiger partial charge in [-0.15, -0.1) is 13.2 Å². The van der Waals surface area contributed by atoms with E-state index in [0.29, 0.717) is 18.6 Å². The van der Waals surface area contributed by atoms with Gasteiger partial charge in [0, 0.05) is 6.42 Å². The highest BCUT2D eigenvalue weighted by atomic mass is 19.1. The molecule has 1 aliphatic heterocycles. The Morgan fingerprint density at radius 3 is 2.61 bits per heavy atom. The minimum absolute atomic E-state index is 0.190. The minimum Gasteiger partial charge on any atom is -0.390 e. The van der Waals surface area contributed by atoms with E-state index < -0.39 is 5.60 Å². The number of ether oxygens (including phenoxy) is 1. The van der Waals surface area contributed by atoms with Crippen LogP contribution in [-0.4, -0.2) is 10.7 Å². The summed E-state index contributed by atoms with van der Waals surface area (Å²) in [6.45, 7) is 11.7. The summed E-state index contributed by atoms with van der Waals surface area (Å²) >= 11 is 0. The van der Waals surface area contributed by atoms with Crippen LogP contribution >= 0.6 is 0 Å². The van der Waals surface area contributed by atoms with E-state index in [4.69, 9.17) is 4.74 Å². The second kappa shape index (κ2) is 5.63. The lowest BCUT2D eigenvalue weighted by atomic mass is 9.94. The standard InChI is InChI=1S/C13H17FO2.C2H4/c1-8-4-9-7-16-12(6-13(2,3)15)10(9)5-11(8)14;1-2/h4-5,12,15H,6-7H2,1-3H3;1-2H2. The highest BCUT2D eigenvalue weighted by molar-refractivity contribution is 5.36. The minimum atomic E-state index is -0.798. The summed E-state index contributed by atoms with van der Waals surface area (Å²) in [6, 6.07) is 3.36. The first-order valence-corrected chi connectivity index (χ1v) is 6.00. The molecule has 0 saturated heterocycles. The number of benzene rings is 1. The Balaban J connectivity index is 0.000000771. The number of halogens is 1. The van der Waals surface area contributed by atoms with E-state index in [9.17, 15) is 9.50 Å². The summed E-state index contributed by atoms with van der Waals surface area (Å²) < 4.78 is 19.0. The van der Waals surface area contributed by atoms with Gasteiger partial charge < -0.3 is 9.84 Å². The third kappa shape index (κ3) is 3.40. The summed E-state index contributed by atoms with van der Waals surface area (Å²) in [7, 11) is 0. The van der Waals surface area contributed by atoms with Crippen LogP contribution in [0.2, 0.25) is 0 Å². The third-order valence-electron chi connectivity index (χ3n) is 2.89. The van der Waals surface area contributed by atoms with Crippen molar-refractivity contribution in [1.29, 1.82) is 0 Å². The molecule has 0 aliphatic carbocycles. The summed E-state index contributed by atoms with van der Waals surface area (Å²) in [4.78, 5) is 0. The number of hydrogen-bond acceptors (Lipinski definition) is 2. The first kappa shape index (κ1) is 14.9. The molecule has 1 atom stereocenters. The summed E-state index contributed by atoms with van der Waals surface area (Å²) in [5.41, 5.74) is 1.76. The van der Waals surface area contributed by atoms with Crippen LogP contribution in [0.4, 0.5) is 4.39 Å². The second-order valence-corrected chi connectivity index (χ2v) is 5.12. The molecule has 0 amide bonds. The number of aliphatic hydroxyl groups is 1. The quantitative estimate of drug-likeness (QED) is 0.814. The molecule has 100 valence electrons. The van der Waals surface area contributed by atoms with Crippen LogP contribution in [0.15, 0.2) is 25.3 Å². The Hall–Kier alpha value is -1.19. The Bertz CT molecular complexity index is 421. The Morgan fingerprint density at radius 2 is 2.06 bits per heavy atom. The molecule has 1 heterocycles. The average Bonchev–Trinajstić information content (AvgIpc) is 2.63. The van der Waals surface area contributed by atoms with Gasteiger partial charge in [-0.1, -0.05) is 6.07 Å². The lowest BCUT2D eigenvalue weighted by molar-refractivity contribution is -0.0146. The number of aryl methyl sites for hydroxylation is 1. The smallest absolute Gasteiger partial charge is 0.126 e. The van der Waals surface area contributed by atoms with Crippen LogP contribution < -0.4 is 0 Å². The molecule has 2 nitrogen and oxygen atoms in total. The SMILES string of the molecule is C=C.Cc1cc2c(cc1F)C(CC(C)(C)O)OC2. The van der Waals surface area contributed by atoms with Gasteiger partial charge in [0.2, 0.25) is 0 Å². The van der Waals surface area contributed by atoms with Crippen LogP contribution in [-0.2, 0) is 11.3 Å². The van der Waals surface area contributed by atoms with Crippen molar-refractivity contribution in [2.75, 3.05) is 0 Å². The predicted octanol–water partition coefficient (Wildman–Crippen LogP) is 3.67. The largest absolute Gasteiger partial charge is 0.390 e. The monoisotopic (exact) mass is 252 g/mol. The molecule has 3 heteroatoms. The van der Waals surface area contributed by atoms with Crippen molar-refractivity contribution >= 4 is 0 Å². The van der Waals surface area contributed by atoms with Crippen molar-refractivity contribution < 1.29 is 14.2 Å². The van der Waals surface area contributed by atoms with Gasteiger partial charge in [-0.3, -0.25) is 0 Å². The van der Waals surface area contributed by atoms with Gasteiger partial charge in [0.25, 0.3) is 0 Å². The highest BCUT2D eigenvalue weighted by Crippen LogP contribution is 2.37. The van der Waals surface area contributed by atoms with Gasteiger partial charge >= 0.3 is 0 Å². The fraction of sp³-hybridized carbons (Fsp3) is 0.467. The molecule has 1 aliphatic rings. The predicted molar refractivity (Wildman–Crippen MR) is 70.8 cm³/mol. The molecule has 0 aromatic heterocycles. The molecule has 0 saturated carbocycles. The zero-order valence-corrected chi connectivity index (χ0v) is 11.3. The van der Waals surface area contributed by atoms with Crippen LogP contribution in [0.3, 0.4) is 0 Å². The molecule has 1 aromatic rings. The molecular formula is C15H21FO2. The number of hydrogen-bond donors (Lipinski definition) is 1. The molecule has 1 unspecified atom stereocenters. The molecule has 1 aromatic carbocycles. The normalized spacial score (nSPS) is 17.9. The van der Waals surface area contributed by atoms with Gasteiger partial charge in [0.05, 0.1) is 18.3 Å². The van der Waals surface area contributed by atoms with Crippen LogP contribution in [0, 0.1) is 12.7 Å². The molecule has 18 heavy (non-hydrogen) atoms. The van der Waals surface area contributed by atoms with Crippen LogP contribution in [0.5, 0.6) is 0 Å². The maximum atomic E-state index is 13.5. The zero-order valence-electron chi connectivity index (χ0n) is 11.3. The molecule has 1 N–H and O–H groups in total. The molecule has 0 fully saturated rings. The van der Waals surface area contributed by atoms with Crippen molar-refractivity contribution in [2.45, 2.75) is 45.5 Å². The Kier molecular flexibility index (Phi) is 4.65. The summed E-state index contributed by atoms with van der Waals surface area (Å²) in [5.74, 6) is -0.204. The van der Waals surface area contributed by atoms with Crippen molar-refractivity contribution in [3.05, 3.63) is 47.8 Å². The van der Waals surface area contributed by atoms with Gasteiger partial charge in [-0.2, -0.15) is 0 Å². The van der Waals surface area contributed by atoms with E-state index in [1.807, 2.05) is 6.07 Å². The summed E-state index contributed by atoms with van der Waals surface area (Å²) in [6.07, 6.45) is 0.299. The number of fused-ring (bicyclic) bond motifs is 1. The van der Waals surface area contributed by atoms with E-state index >= 15 is 0 Å². The lowest BCUT2D eigenvalue weighted by Crippen LogP contribution is -2.22. The van der Waals surface area contributed by atoms with E-state index in [-0.39, 0.29) is 11.9 Å². The molecule has 0 bridgehead atoms. The average molecular weight is 252 g/mol. The first-order chi connectivity index (χ1) is 8.37. The molecular weight excluding hydrogens is 231 g/mol. The van der Waals surface area contributed by atoms with Crippen molar-refractivity contribution in [3.63, 3.8) is 0 Å². The molecule has 2 rings (SSSR count). The van der Waals surface area contributed by atoms with Crippen molar-refractivity contribution in [2.24, 2.45) is 0 Å². The van der Waals surface area contributed by atoms with E-state index in [0.717, 1.165) is 11.1 Å². The van der Waals surface area contributed by atoms with E-state index in [1.54, 1.807) is 20.8 Å². The first-order valence-electron chi connectivity index (χ1n) is 6.00. The Labute approximate surface area is 108 Å². The van der Waals surface area contributed by atoms with Gasteiger partial charge in [-0.05, 0) is 43.5 Å².